The quantitative estimate of drug-likeness (QED) is 0.868. The summed E-state index contributed by atoms with van der Waals surface area (Å²) < 4.78 is 0. The van der Waals surface area contributed by atoms with Crippen molar-refractivity contribution in [2.75, 3.05) is 13.1 Å². The number of amides is 1. The van der Waals surface area contributed by atoms with Gasteiger partial charge in [0, 0.05) is 25.2 Å². The van der Waals surface area contributed by atoms with Crippen molar-refractivity contribution in [3.05, 3.63) is 35.2 Å². The Morgan fingerprint density at radius 3 is 3.10 bits per heavy atom. The third kappa shape index (κ3) is 2.65. The second-order valence-corrected chi connectivity index (χ2v) is 5.28. The Morgan fingerprint density at radius 1 is 1.57 bits per heavy atom. The molecule has 1 aliphatic rings. The second kappa shape index (κ2) is 5.40. The second-order valence-electron chi connectivity index (χ2n) is 5.28. The fraction of sp³-hybridized carbons (Fsp3) is 0.429. The lowest BCUT2D eigenvalue weighted by Crippen LogP contribution is -2.39. The minimum atomic E-state index is -0.0755. The van der Waals surface area contributed by atoms with Crippen molar-refractivity contribution in [2.24, 2.45) is 0 Å². The van der Waals surface area contributed by atoms with Crippen LogP contribution in [-0.2, 0) is 0 Å². The summed E-state index contributed by atoms with van der Waals surface area (Å²) in [4.78, 5) is 21.5. The molecule has 1 aliphatic heterocycles. The van der Waals surface area contributed by atoms with Crippen LogP contribution in [0.3, 0.4) is 0 Å². The first-order valence-corrected chi connectivity index (χ1v) is 6.94. The normalized spacial score (nSPS) is 18.5. The Labute approximate surface area is 122 Å². The van der Waals surface area contributed by atoms with Crippen molar-refractivity contribution < 1.29 is 4.79 Å². The maximum absolute atomic E-state index is 12.4. The van der Waals surface area contributed by atoms with Crippen LogP contribution in [-0.4, -0.2) is 44.1 Å². The van der Waals surface area contributed by atoms with Crippen molar-refractivity contribution in [3.63, 3.8) is 0 Å². The van der Waals surface area contributed by atoms with Crippen molar-refractivity contribution in [3.8, 4) is 6.07 Å². The molecule has 0 aromatic carbocycles. The molecule has 7 heteroatoms. The van der Waals surface area contributed by atoms with E-state index in [2.05, 4.69) is 20.2 Å². The monoisotopic (exact) mass is 284 g/mol. The van der Waals surface area contributed by atoms with Gasteiger partial charge in [-0.25, -0.2) is 4.98 Å². The lowest BCUT2D eigenvalue weighted by atomic mass is 9.97. The van der Waals surface area contributed by atoms with Crippen LogP contribution in [0.4, 0.5) is 0 Å². The third-order valence-corrected chi connectivity index (χ3v) is 3.73. The third-order valence-electron chi connectivity index (χ3n) is 3.73. The molecule has 1 saturated heterocycles. The Bertz CT molecular complexity index is 694. The zero-order valence-electron chi connectivity index (χ0n) is 11.8. The van der Waals surface area contributed by atoms with Crippen molar-refractivity contribution in [1.82, 2.24) is 25.1 Å². The van der Waals surface area contributed by atoms with E-state index in [0.29, 0.717) is 17.8 Å². The van der Waals surface area contributed by atoms with Gasteiger partial charge >= 0.3 is 0 Å². The number of aromatic nitrogens is 4. The molecule has 1 fully saturated rings. The van der Waals surface area contributed by atoms with E-state index in [9.17, 15) is 4.79 Å². The zero-order chi connectivity index (χ0) is 14.8. The largest absolute Gasteiger partial charge is 0.356 e. The van der Waals surface area contributed by atoms with Crippen molar-refractivity contribution in [1.29, 1.82) is 5.26 Å². The number of likely N-dealkylation sites (tertiary alicyclic amines) is 1. The van der Waals surface area contributed by atoms with Crippen LogP contribution in [0.25, 0.3) is 0 Å². The molecule has 2 aromatic rings. The summed E-state index contributed by atoms with van der Waals surface area (Å²) in [6.07, 6.45) is 3.46. The van der Waals surface area contributed by atoms with E-state index in [0.717, 1.165) is 31.0 Å². The fourth-order valence-electron chi connectivity index (χ4n) is 2.67. The molecule has 0 saturated carbocycles. The molecule has 2 N–H and O–H groups in total. The van der Waals surface area contributed by atoms with Crippen molar-refractivity contribution in [2.45, 2.75) is 25.7 Å². The number of H-pyrrole nitrogens is 2. The fourth-order valence-corrected chi connectivity index (χ4v) is 2.67. The minimum absolute atomic E-state index is 0.0755. The van der Waals surface area contributed by atoms with E-state index >= 15 is 0 Å². The molecule has 108 valence electrons. The van der Waals surface area contributed by atoms with E-state index in [-0.39, 0.29) is 11.8 Å². The average molecular weight is 284 g/mol. The van der Waals surface area contributed by atoms with Crippen LogP contribution in [0, 0.1) is 18.3 Å². The molecule has 1 unspecified atom stereocenters. The van der Waals surface area contributed by atoms with Crippen LogP contribution < -0.4 is 0 Å². The van der Waals surface area contributed by atoms with Gasteiger partial charge in [-0.05, 0) is 25.8 Å². The summed E-state index contributed by atoms with van der Waals surface area (Å²) in [6, 6.07) is 3.60. The maximum Gasteiger partial charge on any atom is 0.270 e. The highest BCUT2D eigenvalue weighted by Crippen LogP contribution is 2.25. The first kappa shape index (κ1) is 13.4. The molecule has 7 nitrogen and oxygen atoms in total. The van der Waals surface area contributed by atoms with Gasteiger partial charge in [-0.15, -0.1) is 0 Å². The molecular weight excluding hydrogens is 268 g/mol. The number of carbonyl (C=O) groups excluding carboxylic acids is 1. The Morgan fingerprint density at radius 2 is 2.43 bits per heavy atom. The predicted molar refractivity (Wildman–Crippen MR) is 74.5 cm³/mol. The Kier molecular flexibility index (Phi) is 3.44. The van der Waals surface area contributed by atoms with Gasteiger partial charge in [-0.3, -0.25) is 9.89 Å². The molecule has 0 spiro atoms. The van der Waals surface area contributed by atoms with Crippen LogP contribution in [0.5, 0.6) is 0 Å². The van der Waals surface area contributed by atoms with E-state index < -0.39 is 0 Å². The van der Waals surface area contributed by atoms with Gasteiger partial charge in [0.05, 0.1) is 5.56 Å². The number of aromatic amines is 2. The minimum Gasteiger partial charge on any atom is -0.356 e. The van der Waals surface area contributed by atoms with Crippen LogP contribution in [0.2, 0.25) is 0 Å². The number of carbonyl (C=O) groups is 1. The van der Waals surface area contributed by atoms with Gasteiger partial charge in [0.2, 0.25) is 0 Å². The number of nitriles is 1. The molecular formula is C14H16N6O. The molecule has 2 aromatic heterocycles. The van der Waals surface area contributed by atoms with Crippen molar-refractivity contribution >= 4 is 5.91 Å². The molecule has 3 heterocycles. The van der Waals surface area contributed by atoms with Gasteiger partial charge < -0.3 is 9.88 Å². The maximum atomic E-state index is 12.4. The number of hydrogen-bond acceptors (Lipinski definition) is 4. The van der Waals surface area contributed by atoms with Crippen LogP contribution in [0.15, 0.2) is 12.3 Å². The van der Waals surface area contributed by atoms with Gasteiger partial charge in [0.15, 0.2) is 5.82 Å². The van der Waals surface area contributed by atoms with E-state index in [1.807, 2.05) is 13.0 Å². The standard InChI is InChI=1S/C14H16N6O/c1-9-17-13(19-18-9)11-3-2-4-20(8-11)14(21)12-5-10(6-15)7-16-12/h5,7,11,16H,2-4,8H2,1H3,(H,17,18,19). The molecule has 3 rings (SSSR count). The van der Waals surface area contributed by atoms with E-state index in [1.54, 1.807) is 17.2 Å². The lowest BCUT2D eigenvalue weighted by molar-refractivity contribution is 0.0699. The van der Waals surface area contributed by atoms with Gasteiger partial charge in [0.25, 0.3) is 5.91 Å². The summed E-state index contributed by atoms with van der Waals surface area (Å²) in [5.41, 5.74) is 0.926. The smallest absolute Gasteiger partial charge is 0.270 e. The average Bonchev–Trinajstić information content (AvgIpc) is 3.15. The summed E-state index contributed by atoms with van der Waals surface area (Å²) in [6.45, 7) is 3.20. The summed E-state index contributed by atoms with van der Waals surface area (Å²) in [7, 11) is 0. The predicted octanol–water partition coefficient (Wildman–Crippen LogP) is 1.33. The van der Waals surface area contributed by atoms with Crippen LogP contribution >= 0.6 is 0 Å². The molecule has 0 bridgehead atoms. The highest BCUT2D eigenvalue weighted by molar-refractivity contribution is 5.93. The molecule has 1 atom stereocenters. The molecule has 1 amide bonds. The Balaban J connectivity index is 1.73. The highest BCUT2D eigenvalue weighted by Gasteiger charge is 2.28. The first-order valence-electron chi connectivity index (χ1n) is 6.94. The van der Waals surface area contributed by atoms with Gasteiger partial charge in [-0.1, -0.05) is 0 Å². The molecule has 0 radical (unpaired) electrons. The summed E-state index contributed by atoms with van der Waals surface area (Å²) in [5.74, 6) is 1.65. The number of nitrogens with one attached hydrogen (secondary N) is 2. The molecule has 0 aliphatic carbocycles. The van der Waals surface area contributed by atoms with Crippen LogP contribution in [0.1, 0.15) is 46.5 Å². The Hall–Kier alpha value is -2.62. The lowest BCUT2D eigenvalue weighted by Gasteiger charge is -2.31. The molecule has 21 heavy (non-hydrogen) atoms. The van der Waals surface area contributed by atoms with Gasteiger partial charge in [0.1, 0.15) is 17.6 Å². The zero-order valence-corrected chi connectivity index (χ0v) is 11.8. The number of piperidine rings is 1. The van der Waals surface area contributed by atoms with E-state index in [4.69, 9.17) is 5.26 Å². The number of nitrogens with zero attached hydrogens (tertiary/aromatic N) is 4. The first-order chi connectivity index (χ1) is 10.2. The topological polar surface area (TPSA) is 101 Å². The summed E-state index contributed by atoms with van der Waals surface area (Å²) >= 11 is 0. The summed E-state index contributed by atoms with van der Waals surface area (Å²) in [5, 5.41) is 15.9. The highest BCUT2D eigenvalue weighted by atomic mass is 16.2. The SMILES string of the molecule is Cc1nc(C2CCCN(C(=O)c3cc(C#N)c[nH]3)C2)n[nH]1. The number of hydrogen-bond donors (Lipinski definition) is 2. The van der Waals surface area contributed by atoms with Gasteiger partial charge in [-0.2, -0.15) is 10.4 Å². The van der Waals surface area contributed by atoms with E-state index in [1.165, 1.54) is 0 Å². The number of aryl methyl sites for hydroxylation is 1. The number of rotatable bonds is 2.